The van der Waals surface area contributed by atoms with E-state index in [0.29, 0.717) is 27.6 Å². The summed E-state index contributed by atoms with van der Waals surface area (Å²) in [7, 11) is 5.74. The zero-order chi connectivity index (χ0) is 29.1. The molecule has 1 aromatic heterocycles. The molecule has 3 aromatic rings. The number of carbonyl (C=O) groups excluding carboxylic acids is 1. The Balaban J connectivity index is 2.03. The Morgan fingerprint density at radius 2 is 1.77 bits per heavy atom. The number of hydrogen-bond acceptors (Lipinski definition) is 10. The van der Waals surface area contributed by atoms with E-state index >= 15 is 0 Å². The molecule has 0 radical (unpaired) electrons. The monoisotopic (exact) mass is 568 g/mol. The molecule has 1 aliphatic rings. The number of thiazole rings is 1. The van der Waals surface area contributed by atoms with Gasteiger partial charge in [-0.05, 0) is 43.7 Å². The van der Waals surface area contributed by atoms with Crippen molar-refractivity contribution in [1.82, 2.24) is 4.57 Å². The van der Waals surface area contributed by atoms with Crippen LogP contribution in [0.15, 0.2) is 51.4 Å². The van der Waals surface area contributed by atoms with Crippen LogP contribution in [0.2, 0.25) is 0 Å². The Morgan fingerprint density at radius 1 is 1.05 bits per heavy atom. The predicted molar refractivity (Wildman–Crippen MR) is 146 cm³/mol. The van der Waals surface area contributed by atoms with Crippen molar-refractivity contribution in [2.75, 3.05) is 35.0 Å². The van der Waals surface area contributed by atoms with Gasteiger partial charge in [-0.2, -0.15) is 0 Å². The summed E-state index contributed by atoms with van der Waals surface area (Å²) < 4.78 is 28.4. The van der Waals surface area contributed by atoms with Crippen LogP contribution in [0.1, 0.15) is 41.4 Å². The predicted octanol–water partition coefficient (Wildman–Crippen LogP) is 2.53. The molecule has 0 amide bonds. The largest absolute Gasteiger partial charge is 0.497 e. The van der Waals surface area contributed by atoms with Crippen molar-refractivity contribution < 1.29 is 38.4 Å². The second kappa shape index (κ2) is 11.7. The van der Waals surface area contributed by atoms with Crippen LogP contribution in [-0.2, 0) is 9.53 Å². The fourth-order valence-corrected chi connectivity index (χ4v) is 5.59. The highest BCUT2D eigenvalue weighted by atomic mass is 32.1. The fraction of sp³-hybridized carbons (Fsp3) is 0.286. The van der Waals surface area contributed by atoms with E-state index in [1.165, 1.54) is 45.1 Å². The van der Waals surface area contributed by atoms with Crippen LogP contribution in [0, 0.1) is 0 Å². The first-order valence-electron chi connectivity index (χ1n) is 12.1. The maximum Gasteiger partial charge on any atom is 0.340 e. The van der Waals surface area contributed by atoms with E-state index in [1.807, 2.05) is 0 Å². The van der Waals surface area contributed by atoms with Crippen molar-refractivity contribution in [3.05, 3.63) is 78.0 Å². The van der Waals surface area contributed by atoms with Gasteiger partial charge in [-0.25, -0.2) is 14.6 Å². The number of methoxy groups -OCH3 is 4. The minimum Gasteiger partial charge on any atom is -0.497 e. The molecule has 12 heteroatoms. The van der Waals surface area contributed by atoms with E-state index in [0.717, 1.165) is 11.3 Å². The average molecular weight is 569 g/mol. The molecule has 0 bridgehead atoms. The Labute approximate surface area is 233 Å². The van der Waals surface area contributed by atoms with E-state index in [2.05, 4.69) is 4.99 Å². The third-order valence-electron chi connectivity index (χ3n) is 6.33. The Bertz CT molecular complexity index is 1700. The van der Waals surface area contributed by atoms with Gasteiger partial charge in [0.15, 0.2) is 16.3 Å². The Morgan fingerprint density at radius 3 is 2.38 bits per heavy atom. The number of carboxylic acid groups (broad SMARTS) is 1. The second-order valence-corrected chi connectivity index (χ2v) is 9.49. The van der Waals surface area contributed by atoms with Gasteiger partial charge < -0.3 is 28.8 Å². The number of fused-ring (bicyclic) bond motifs is 1. The number of benzene rings is 2. The Kier molecular flexibility index (Phi) is 8.29. The molecule has 1 unspecified atom stereocenters. The molecule has 2 aromatic carbocycles. The summed E-state index contributed by atoms with van der Waals surface area (Å²) in [5.74, 6) is -0.688. The van der Waals surface area contributed by atoms with Gasteiger partial charge in [-0.1, -0.05) is 17.4 Å². The molecule has 0 saturated heterocycles. The van der Waals surface area contributed by atoms with E-state index in [1.54, 1.807) is 38.1 Å². The molecule has 11 nitrogen and oxygen atoms in total. The number of carboxylic acids is 1. The average Bonchev–Trinajstić information content (AvgIpc) is 3.25. The lowest BCUT2D eigenvalue weighted by atomic mass is 9.95. The minimum absolute atomic E-state index is 0.0258. The molecule has 4 rings (SSSR count). The molecule has 1 atom stereocenters. The lowest BCUT2D eigenvalue weighted by Gasteiger charge is -2.26. The summed E-state index contributed by atoms with van der Waals surface area (Å²) >= 11 is 1.06. The lowest BCUT2D eigenvalue weighted by molar-refractivity contribution is -0.139. The minimum atomic E-state index is -1.25. The van der Waals surface area contributed by atoms with Crippen molar-refractivity contribution in [1.29, 1.82) is 0 Å². The molecule has 0 aliphatic carbocycles. The zero-order valence-electron chi connectivity index (χ0n) is 22.8. The molecule has 0 fully saturated rings. The topological polar surface area (TPSA) is 135 Å². The summed E-state index contributed by atoms with van der Waals surface area (Å²) in [6.07, 6.45) is 1.46. The van der Waals surface area contributed by atoms with Crippen LogP contribution < -0.4 is 33.8 Å². The molecule has 0 spiro atoms. The summed E-state index contributed by atoms with van der Waals surface area (Å²) in [6.45, 7) is 3.49. The fourth-order valence-electron chi connectivity index (χ4n) is 4.55. The van der Waals surface area contributed by atoms with Crippen molar-refractivity contribution >= 4 is 29.4 Å². The smallest absolute Gasteiger partial charge is 0.340 e. The molecule has 210 valence electrons. The first-order valence-corrected chi connectivity index (χ1v) is 12.9. The van der Waals surface area contributed by atoms with E-state index in [9.17, 15) is 19.5 Å². The number of rotatable bonds is 9. The van der Waals surface area contributed by atoms with Gasteiger partial charge in [0.25, 0.3) is 5.56 Å². The standard InChI is InChI=1S/C28H28N2O9S/c1-7-39-27(34)21-14(2)29-28-30(23(21)17-10-9-16(35-3)13-19(17)37-5)25(31)20(40-28)12-15-8-11-18(36-4)24(38-6)22(15)26(32)33/h8-13,23H,7H2,1-6H3,(H,32,33)/b20-12+. The van der Waals surface area contributed by atoms with Crippen LogP contribution >= 0.6 is 11.3 Å². The highest BCUT2D eigenvalue weighted by molar-refractivity contribution is 7.07. The number of aromatic carboxylic acids is 1. The highest BCUT2D eigenvalue weighted by Crippen LogP contribution is 2.38. The number of allylic oxidation sites excluding steroid dienone is 1. The summed E-state index contributed by atoms with van der Waals surface area (Å²) in [4.78, 5) is 44.2. The molecular weight excluding hydrogens is 540 g/mol. The molecule has 1 N–H and O–H groups in total. The van der Waals surface area contributed by atoms with Crippen molar-refractivity contribution in [3.8, 4) is 23.0 Å². The molecule has 0 saturated carbocycles. The number of ether oxygens (including phenoxy) is 5. The normalized spacial score (nSPS) is 14.8. The van der Waals surface area contributed by atoms with E-state index in [-0.39, 0.29) is 39.3 Å². The highest BCUT2D eigenvalue weighted by Gasteiger charge is 2.35. The summed E-state index contributed by atoms with van der Waals surface area (Å²) in [5.41, 5.74) is 0.672. The van der Waals surface area contributed by atoms with E-state index < -0.39 is 23.5 Å². The third kappa shape index (κ3) is 4.93. The first kappa shape index (κ1) is 28.4. The van der Waals surface area contributed by atoms with Crippen LogP contribution in [0.5, 0.6) is 23.0 Å². The van der Waals surface area contributed by atoms with Gasteiger partial charge in [-0.15, -0.1) is 0 Å². The number of aromatic nitrogens is 1. The van der Waals surface area contributed by atoms with Gasteiger partial charge in [-0.3, -0.25) is 9.36 Å². The molecule has 40 heavy (non-hydrogen) atoms. The van der Waals surface area contributed by atoms with Gasteiger partial charge in [0.1, 0.15) is 23.1 Å². The third-order valence-corrected chi connectivity index (χ3v) is 7.31. The van der Waals surface area contributed by atoms with Gasteiger partial charge in [0, 0.05) is 11.6 Å². The maximum absolute atomic E-state index is 14.0. The quantitative estimate of drug-likeness (QED) is 0.386. The Hall–Kier alpha value is -4.58. The number of hydrogen-bond donors (Lipinski definition) is 1. The van der Waals surface area contributed by atoms with Crippen molar-refractivity contribution in [2.24, 2.45) is 4.99 Å². The van der Waals surface area contributed by atoms with Gasteiger partial charge >= 0.3 is 11.9 Å². The first-order chi connectivity index (χ1) is 19.2. The van der Waals surface area contributed by atoms with E-state index in [4.69, 9.17) is 23.7 Å². The van der Waals surface area contributed by atoms with Crippen LogP contribution in [0.4, 0.5) is 0 Å². The van der Waals surface area contributed by atoms with Crippen molar-refractivity contribution in [3.63, 3.8) is 0 Å². The summed E-state index contributed by atoms with van der Waals surface area (Å²) in [5, 5.41) is 9.94. The van der Waals surface area contributed by atoms with Crippen molar-refractivity contribution in [2.45, 2.75) is 19.9 Å². The maximum atomic E-state index is 14.0. The SMILES string of the molecule is CCOC(=O)C1=C(C)N=c2s/c(=C/c3ccc(OC)c(OC)c3C(=O)O)c(=O)n2C1c1ccc(OC)cc1OC. The molecular formula is C28H28N2O9S. The van der Waals surface area contributed by atoms with Gasteiger partial charge in [0.2, 0.25) is 0 Å². The lowest BCUT2D eigenvalue weighted by Crippen LogP contribution is -2.40. The number of carbonyl (C=O) groups is 2. The van der Waals surface area contributed by atoms with Gasteiger partial charge in [0.05, 0.1) is 50.8 Å². The summed E-state index contributed by atoms with van der Waals surface area (Å²) in [6, 6.07) is 7.24. The number of esters is 1. The van der Waals surface area contributed by atoms with Crippen LogP contribution in [-0.4, -0.2) is 56.7 Å². The second-order valence-electron chi connectivity index (χ2n) is 8.48. The number of nitrogens with zero attached hydrogens (tertiary/aromatic N) is 2. The molecule has 1 aliphatic heterocycles. The van der Waals surface area contributed by atoms with Crippen LogP contribution in [0.3, 0.4) is 0 Å². The van der Waals surface area contributed by atoms with Crippen LogP contribution in [0.25, 0.3) is 6.08 Å². The zero-order valence-corrected chi connectivity index (χ0v) is 23.6. The molecule has 2 heterocycles.